The normalized spacial score (nSPS) is 14.6. The SMILES string of the molecule is CC(C)c1ccc(C(=O)N2CCN(c3ccc([N+](=O)[O-])cn3)CC2)cc1. The molecule has 1 amide bonds. The zero-order valence-corrected chi connectivity index (χ0v) is 15.0. The lowest BCUT2D eigenvalue weighted by Crippen LogP contribution is -2.49. The van der Waals surface area contributed by atoms with E-state index in [1.807, 2.05) is 34.1 Å². The van der Waals surface area contributed by atoms with Gasteiger partial charge >= 0.3 is 0 Å². The van der Waals surface area contributed by atoms with Gasteiger partial charge in [0.15, 0.2) is 0 Å². The summed E-state index contributed by atoms with van der Waals surface area (Å²) in [6.07, 6.45) is 1.27. The number of rotatable bonds is 4. The molecule has 136 valence electrons. The van der Waals surface area contributed by atoms with Crippen LogP contribution in [0.5, 0.6) is 0 Å². The number of carbonyl (C=O) groups is 1. The first-order valence-corrected chi connectivity index (χ1v) is 8.70. The van der Waals surface area contributed by atoms with E-state index in [0.29, 0.717) is 43.5 Å². The molecule has 1 aliphatic rings. The average molecular weight is 354 g/mol. The van der Waals surface area contributed by atoms with Crippen molar-refractivity contribution >= 4 is 17.4 Å². The first kappa shape index (κ1) is 17.8. The summed E-state index contributed by atoms with van der Waals surface area (Å²) in [5, 5.41) is 10.7. The highest BCUT2D eigenvalue weighted by Gasteiger charge is 2.23. The van der Waals surface area contributed by atoms with Gasteiger partial charge in [-0.3, -0.25) is 14.9 Å². The quantitative estimate of drug-likeness (QED) is 0.623. The molecular weight excluding hydrogens is 332 g/mol. The molecule has 0 bridgehead atoms. The summed E-state index contributed by atoms with van der Waals surface area (Å²) < 4.78 is 0. The van der Waals surface area contributed by atoms with Crippen molar-refractivity contribution in [3.8, 4) is 0 Å². The molecule has 1 aromatic carbocycles. The first-order chi connectivity index (χ1) is 12.5. The fraction of sp³-hybridized carbons (Fsp3) is 0.368. The molecule has 0 aliphatic carbocycles. The predicted molar refractivity (Wildman–Crippen MR) is 99.5 cm³/mol. The Morgan fingerprint density at radius 2 is 1.73 bits per heavy atom. The second-order valence-electron chi connectivity index (χ2n) is 6.69. The third-order valence-corrected chi connectivity index (χ3v) is 4.66. The highest BCUT2D eigenvalue weighted by molar-refractivity contribution is 5.94. The molecule has 7 nitrogen and oxygen atoms in total. The van der Waals surface area contributed by atoms with Gasteiger partial charge in [-0.05, 0) is 29.7 Å². The van der Waals surface area contributed by atoms with Gasteiger partial charge in [-0.25, -0.2) is 4.98 Å². The number of pyridine rings is 1. The van der Waals surface area contributed by atoms with Crippen molar-refractivity contribution < 1.29 is 9.72 Å². The molecule has 26 heavy (non-hydrogen) atoms. The predicted octanol–water partition coefficient (Wildman–Crippen LogP) is 3.08. The fourth-order valence-electron chi connectivity index (χ4n) is 3.01. The number of anilines is 1. The van der Waals surface area contributed by atoms with Gasteiger partial charge in [-0.2, -0.15) is 0 Å². The van der Waals surface area contributed by atoms with Crippen LogP contribution >= 0.6 is 0 Å². The summed E-state index contributed by atoms with van der Waals surface area (Å²) in [5.74, 6) is 1.18. The lowest BCUT2D eigenvalue weighted by atomic mass is 10.0. The molecule has 1 saturated heterocycles. The van der Waals surface area contributed by atoms with E-state index in [9.17, 15) is 14.9 Å². The monoisotopic (exact) mass is 354 g/mol. The molecule has 0 N–H and O–H groups in total. The number of amides is 1. The standard InChI is InChI=1S/C19H22N4O3/c1-14(2)15-3-5-16(6-4-15)19(24)22-11-9-21(10-12-22)18-8-7-17(13-20-18)23(25)26/h3-8,13-14H,9-12H2,1-2H3. The largest absolute Gasteiger partial charge is 0.353 e. The smallest absolute Gasteiger partial charge is 0.287 e. The van der Waals surface area contributed by atoms with Crippen molar-refractivity contribution in [2.45, 2.75) is 19.8 Å². The molecule has 0 saturated carbocycles. The van der Waals surface area contributed by atoms with Gasteiger partial charge in [-0.1, -0.05) is 26.0 Å². The topological polar surface area (TPSA) is 79.6 Å². The second-order valence-corrected chi connectivity index (χ2v) is 6.69. The number of nitro groups is 1. The molecule has 7 heteroatoms. The van der Waals surface area contributed by atoms with Gasteiger partial charge in [0.05, 0.1) is 4.92 Å². The summed E-state index contributed by atoms with van der Waals surface area (Å²) in [4.78, 5) is 30.9. The van der Waals surface area contributed by atoms with E-state index in [1.54, 1.807) is 6.07 Å². The van der Waals surface area contributed by atoms with Crippen LogP contribution < -0.4 is 4.90 Å². The average Bonchev–Trinajstić information content (AvgIpc) is 2.67. The van der Waals surface area contributed by atoms with Crippen LogP contribution in [-0.4, -0.2) is 46.9 Å². The maximum Gasteiger partial charge on any atom is 0.287 e. The molecule has 1 aromatic heterocycles. The van der Waals surface area contributed by atoms with Crippen LogP contribution in [0.3, 0.4) is 0 Å². The summed E-state index contributed by atoms with van der Waals surface area (Å²) in [6, 6.07) is 10.9. The fourth-order valence-corrected chi connectivity index (χ4v) is 3.01. The second kappa shape index (κ2) is 7.51. The lowest BCUT2D eigenvalue weighted by Gasteiger charge is -2.35. The van der Waals surface area contributed by atoms with Crippen LogP contribution in [0.25, 0.3) is 0 Å². The third kappa shape index (κ3) is 3.82. The van der Waals surface area contributed by atoms with Crippen molar-refractivity contribution in [3.05, 3.63) is 63.8 Å². The molecule has 0 atom stereocenters. The summed E-state index contributed by atoms with van der Waals surface area (Å²) in [7, 11) is 0. The number of aromatic nitrogens is 1. The Balaban J connectivity index is 1.60. The van der Waals surface area contributed by atoms with E-state index in [1.165, 1.54) is 17.8 Å². The molecule has 0 radical (unpaired) electrons. The molecule has 1 aliphatic heterocycles. The van der Waals surface area contributed by atoms with Crippen LogP contribution in [0.4, 0.5) is 11.5 Å². The van der Waals surface area contributed by atoms with Gasteiger partial charge in [-0.15, -0.1) is 0 Å². The number of piperazine rings is 1. The Hall–Kier alpha value is -2.96. The van der Waals surface area contributed by atoms with Crippen molar-refractivity contribution in [1.82, 2.24) is 9.88 Å². The van der Waals surface area contributed by atoms with Gasteiger partial charge in [0.1, 0.15) is 12.0 Å². The van der Waals surface area contributed by atoms with Gasteiger partial charge < -0.3 is 9.80 Å². The Bertz CT molecular complexity index is 779. The zero-order chi connectivity index (χ0) is 18.7. The van der Waals surface area contributed by atoms with E-state index < -0.39 is 4.92 Å². The molecule has 2 heterocycles. The van der Waals surface area contributed by atoms with Crippen molar-refractivity contribution in [2.75, 3.05) is 31.1 Å². The maximum atomic E-state index is 12.7. The number of hydrogen-bond acceptors (Lipinski definition) is 5. The number of benzene rings is 1. The minimum absolute atomic E-state index is 0.0209. The van der Waals surface area contributed by atoms with Gasteiger partial charge in [0, 0.05) is 37.8 Å². The maximum absolute atomic E-state index is 12.7. The number of nitrogens with zero attached hydrogens (tertiary/aromatic N) is 4. The van der Waals surface area contributed by atoms with Crippen LogP contribution in [-0.2, 0) is 0 Å². The Labute approximate surface area is 152 Å². The van der Waals surface area contributed by atoms with Crippen molar-refractivity contribution in [3.63, 3.8) is 0 Å². The molecular formula is C19H22N4O3. The molecule has 0 unspecified atom stereocenters. The Morgan fingerprint density at radius 3 is 2.23 bits per heavy atom. The van der Waals surface area contributed by atoms with E-state index >= 15 is 0 Å². The number of carbonyl (C=O) groups excluding carboxylic acids is 1. The highest BCUT2D eigenvalue weighted by atomic mass is 16.6. The van der Waals surface area contributed by atoms with Crippen LogP contribution in [0, 0.1) is 10.1 Å². The van der Waals surface area contributed by atoms with Crippen molar-refractivity contribution in [1.29, 1.82) is 0 Å². The summed E-state index contributed by atoms with van der Waals surface area (Å²) in [5.41, 5.74) is 1.90. The Kier molecular flexibility index (Phi) is 5.16. The molecule has 1 fully saturated rings. The highest BCUT2D eigenvalue weighted by Crippen LogP contribution is 2.19. The van der Waals surface area contributed by atoms with E-state index in [-0.39, 0.29) is 11.6 Å². The first-order valence-electron chi connectivity index (χ1n) is 8.70. The molecule has 3 rings (SSSR count). The summed E-state index contributed by atoms with van der Waals surface area (Å²) in [6.45, 7) is 6.76. The van der Waals surface area contributed by atoms with E-state index in [4.69, 9.17) is 0 Å². The van der Waals surface area contributed by atoms with Crippen molar-refractivity contribution in [2.24, 2.45) is 0 Å². The number of hydrogen-bond donors (Lipinski definition) is 0. The van der Waals surface area contributed by atoms with Crippen LogP contribution in [0.1, 0.15) is 35.7 Å². The van der Waals surface area contributed by atoms with Crippen LogP contribution in [0.15, 0.2) is 42.6 Å². The minimum atomic E-state index is -0.460. The summed E-state index contributed by atoms with van der Waals surface area (Å²) >= 11 is 0. The minimum Gasteiger partial charge on any atom is -0.353 e. The lowest BCUT2D eigenvalue weighted by molar-refractivity contribution is -0.385. The van der Waals surface area contributed by atoms with Crippen LogP contribution in [0.2, 0.25) is 0 Å². The van der Waals surface area contributed by atoms with E-state index in [2.05, 4.69) is 18.8 Å². The third-order valence-electron chi connectivity index (χ3n) is 4.66. The van der Waals surface area contributed by atoms with Gasteiger partial charge in [0.2, 0.25) is 0 Å². The molecule has 0 spiro atoms. The molecule has 2 aromatic rings. The van der Waals surface area contributed by atoms with Gasteiger partial charge in [0.25, 0.3) is 11.6 Å². The van der Waals surface area contributed by atoms with E-state index in [0.717, 1.165) is 0 Å². The Morgan fingerprint density at radius 1 is 1.08 bits per heavy atom. The zero-order valence-electron chi connectivity index (χ0n) is 15.0.